The second-order valence-corrected chi connectivity index (χ2v) is 9.38. The lowest BCUT2D eigenvalue weighted by molar-refractivity contribution is 0.0827. The molecule has 1 saturated heterocycles. The molecule has 2 N–H and O–H groups in total. The lowest BCUT2D eigenvalue weighted by Crippen LogP contribution is -2.44. The normalized spacial score (nSPS) is 16.8. The average molecular weight is 570 g/mol. The van der Waals surface area contributed by atoms with Crippen molar-refractivity contribution in [2.24, 2.45) is 10.9 Å². The summed E-state index contributed by atoms with van der Waals surface area (Å²) in [4.78, 5) is 22.1. The summed E-state index contributed by atoms with van der Waals surface area (Å²) in [5, 5.41) is 9.07. The van der Waals surface area contributed by atoms with E-state index in [1.165, 1.54) is 24.3 Å². The van der Waals surface area contributed by atoms with E-state index in [0.29, 0.717) is 5.92 Å². The minimum Gasteiger partial charge on any atom is -0.356 e. The summed E-state index contributed by atoms with van der Waals surface area (Å²) in [7, 11) is 5.37. The number of aliphatic imine (C=N–C) groups is 1. The Bertz CT molecular complexity index is 856. The highest BCUT2D eigenvalue weighted by Gasteiger charge is 2.20. The molecule has 0 spiro atoms. The Morgan fingerprint density at radius 3 is 2.81 bits per heavy atom. The molecule has 32 heavy (non-hydrogen) atoms. The van der Waals surface area contributed by atoms with Crippen molar-refractivity contribution in [3.8, 4) is 0 Å². The number of amides is 1. The van der Waals surface area contributed by atoms with E-state index in [2.05, 4.69) is 44.1 Å². The van der Waals surface area contributed by atoms with Crippen LogP contribution < -0.4 is 10.6 Å². The standard InChI is InChI=1S/C24H35N5OS.HI/c1-25-24(26-12-11-19-7-4-9-21(15-19)23(30)28(2)3)27-16-20-8-5-13-29(17-20)18-22-10-6-14-31-22;/h4,6-7,9-10,14-15,20H,5,8,11-13,16-18H2,1-3H3,(H2,25,26,27);1H. The number of hydrogen-bond acceptors (Lipinski definition) is 4. The van der Waals surface area contributed by atoms with E-state index in [-0.39, 0.29) is 29.9 Å². The molecule has 0 aliphatic carbocycles. The number of nitrogens with one attached hydrogen (secondary N) is 2. The minimum atomic E-state index is 0. The maximum absolute atomic E-state index is 12.2. The van der Waals surface area contributed by atoms with Crippen LogP contribution in [-0.2, 0) is 13.0 Å². The molecular formula is C24H36IN5OS. The highest BCUT2D eigenvalue weighted by atomic mass is 127. The monoisotopic (exact) mass is 569 g/mol. The predicted molar refractivity (Wildman–Crippen MR) is 145 cm³/mol. The molecule has 1 aliphatic heterocycles. The molecule has 0 saturated carbocycles. The predicted octanol–water partition coefficient (Wildman–Crippen LogP) is 3.69. The molecule has 2 heterocycles. The summed E-state index contributed by atoms with van der Waals surface area (Å²) in [5.74, 6) is 1.52. The van der Waals surface area contributed by atoms with E-state index < -0.39 is 0 Å². The van der Waals surface area contributed by atoms with Crippen molar-refractivity contribution in [2.45, 2.75) is 25.8 Å². The first-order valence-electron chi connectivity index (χ1n) is 11.0. The number of halogens is 1. The van der Waals surface area contributed by atoms with Crippen molar-refractivity contribution in [2.75, 3.05) is 47.3 Å². The van der Waals surface area contributed by atoms with Crippen molar-refractivity contribution < 1.29 is 4.79 Å². The van der Waals surface area contributed by atoms with Crippen LogP contribution in [0.2, 0.25) is 0 Å². The highest BCUT2D eigenvalue weighted by molar-refractivity contribution is 14.0. The fraction of sp³-hybridized carbons (Fsp3) is 0.500. The number of thiophene rings is 1. The zero-order valence-electron chi connectivity index (χ0n) is 19.3. The third kappa shape index (κ3) is 8.37. The van der Waals surface area contributed by atoms with Gasteiger partial charge in [-0.25, -0.2) is 0 Å². The summed E-state index contributed by atoms with van der Waals surface area (Å²) in [6, 6.07) is 12.2. The van der Waals surface area contributed by atoms with Gasteiger partial charge in [-0.2, -0.15) is 0 Å². The van der Waals surface area contributed by atoms with E-state index in [4.69, 9.17) is 0 Å². The van der Waals surface area contributed by atoms with Crippen LogP contribution in [-0.4, -0.2) is 69.0 Å². The zero-order chi connectivity index (χ0) is 22.1. The molecule has 0 radical (unpaired) electrons. The van der Waals surface area contributed by atoms with E-state index in [1.54, 1.807) is 19.0 Å². The largest absolute Gasteiger partial charge is 0.356 e. The van der Waals surface area contributed by atoms with Crippen molar-refractivity contribution in [3.63, 3.8) is 0 Å². The number of carbonyl (C=O) groups excluding carboxylic acids is 1. The van der Waals surface area contributed by atoms with Crippen LogP contribution in [0.25, 0.3) is 0 Å². The summed E-state index contributed by atoms with van der Waals surface area (Å²) in [6.45, 7) is 5.10. The highest BCUT2D eigenvalue weighted by Crippen LogP contribution is 2.20. The molecule has 2 aromatic rings. The maximum Gasteiger partial charge on any atom is 0.253 e. The summed E-state index contributed by atoms with van der Waals surface area (Å²) >= 11 is 1.84. The van der Waals surface area contributed by atoms with Crippen molar-refractivity contribution in [3.05, 3.63) is 57.8 Å². The summed E-state index contributed by atoms with van der Waals surface area (Å²) in [6.07, 6.45) is 3.36. The number of guanidine groups is 1. The molecule has 1 aromatic heterocycles. The van der Waals surface area contributed by atoms with Crippen molar-refractivity contribution >= 4 is 47.2 Å². The number of nitrogens with zero attached hydrogens (tertiary/aromatic N) is 3. The molecule has 1 aromatic carbocycles. The lowest BCUT2D eigenvalue weighted by atomic mass is 9.98. The third-order valence-electron chi connectivity index (χ3n) is 5.63. The lowest BCUT2D eigenvalue weighted by Gasteiger charge is -2.32. The SMILES string of the molecule is CN=C(NCCc1cccc(C(=O)N(C)C)c1)NCC1CCCN(Cc2cccs2)C1.I. The fourth-order valence-corrected chi connectivity index (χ4v) is 4.74. The number of likely N-dealkylation sites (tertiary alicyclic amines) is 1. The molecule has 0 bridgehead atoms. The molecule has 1 fully saturated rings. The molecule has 6 nitrogen and oxygen atoms in total. The quantitative estimate of drug-likeness (QED) is 0.290. The summed E-state index contributed by atoms with van der Waals surface area (Å²) < 4.78 is 0. The van der Waals surface area contributed by atoms with Crippen LogP contribution in [0.5, 0.6) is 0 Å². The number of rotatable bonds is 8. The first kappa shape index (κ1) is 26.6. The van der Waals surface area contributed by atoms with Gasteiger partial charge in [0, 0.05) is 57.8 Å². The minimum absolute atomic E-state index is 0. The van der Waals surface area contributed by atoms with E-state index >= 15 is 0 Å². The van der Waals surface area contributed by atoms with Crippen LogP contribution in [0, 0.1) is 5.92 Å². The van der Waals surface area contributed by atoms with Gasteiger partial charge in [-0.3, -0.25) is 14.7 Å². The Labute approximate surface area is 213 Å². The molecule has 176 valence electrons. The molecular weight excluding hydrogens is 533 g/mol. The number of benzene rings is 1. The third-order valence-corrected chi connectivity index (χ3v) is 6.49. The van der Waals surface area contributed by atoms with Crippen LogP contribution in [0.15, 0.2) is 46.8 Å². The van der Waals surface area contributed by atoms with Gasteiger partial charge in [-0.15, -0.1) is 35.3 Å². The molecule has 3 rings (SSSR count). The van der Waals surface area contributed by atoms with Gasteiger partial charge in [0.2, 0.25) is 0 Å². The van der Waals surface area contributed by atoms with Crippen LogP contribution in [0.3, 0.4) is 0 Å². The second-order valence-electron chi connectivity index (χ2n) is 8.35. The first-order valence-corrected chi connectivity index (χ1v) is 11.9. The van der Waals surface area contributed by atoms with Gasteiger partial charge in [0.1, 0.15) is 0 Å². The van der Waals surface area contributed by atoms with Crippen molar-refractivity contribution in [1.29, 1.82) is 0 Å². The van der Waals surface area contributed by atoms with Crippen LogP contribution in [0.4, 0.5) is 0 Å². The van der Waals surface area contributed by atoms with Crippen LogP contribution in [0.1, 0.15) is 33.6 Å². The molecule has 1 unspecified atom stereocenters. The smallest absolute Gasteiger partial charge is 0.253 e. The van der Waals surface area contributed by atoms with Gasteiger partial charge in [-0.1, -0.05) is 18.2 Å². The second kappa shape index (κ2) is 13.8. The van der Waals surface area contributed by atoms with E-state index in [1.807, 2.05) is 36.6 Å². The molecule has 1 aliphatic rings. The summed E-state index contributed by atoms with van der Waals surface area (Å²) in [5.41, 5.74) is 1.88. The van der Waals surface area contributed by atoms with Gasteiger partial charge >= 0.3 is 0 Å². The fourth-order valence-electron chi connectivity index (χ4n) is 3.99. The maximum atomic E-state index is 12.2. The van der Waals surface area contributed by atoms with Gasteiger partial charge in [0.15, 0.2) is 5.96 Å². The van der Waals surface area contributed by atoms with Crippen LogP contribution >= 0.6 is 35.3 Å². The van der Waals surface area contributed by atoms with Gasteiger partial charge in [0.25, 0.3) is 5.91 Å². The number of hydrogen-bond donors (Lipinski definition) is 2. The Kier molecular flexibility index (Phi) is 11.5. The Morgan fingerprint density at radius 2 is 2.09 bits per heavy atom. The van der Waals surface area contributed by atoms with E-state index in [9.17, 15) is 4.79 Å². The molecule has 1 atom stereocenters. The first-order chi connectivity index (χ1) is 15.0. The van der Waals surface area contributed by atoms with Gasteiger partial charge in [0.05, 0.1) is 0 Å². The van der Waals surface area contributed by atoms with E-state index in [0.717, 1.165) is 49.7 Å². The number of piperidine rings is 1. The Morgan fingerprint density at radius 1 is 1.25 bits per heavy atom. The average Bonchev–Trinajstić information content (AvgIpc) is 3.29. The zero-order valence-corrected chi connectivity index (χ0v) is 22.5. The van der Waals surface area contributed by atoms with Gasteiger partial charge in [-0.05, 0) is 60.9 Å². The molecule has 1 amide bonds. The van der Waals surface area contributed by atoms with Gasteiger partial charge < -0.3 is 15.5 Å². The Balaban J connectivity index is 0.00000363. The topological polar surface area (TPSA) is 60.0 Å². The molecule has 8 heteroatoms. The Hall–Kier alpha value is -1.65. The van der Waals surface area contributed by atoms with Crippen molar-refractivity contribution in [1.82, 2.24) is 20.4 Å². The number of carbonyl (C=O) groups is 1.